The molecule has 19 heavy (non-hydrogen) atoms. The van der Waals surface area contributed by atoms with Gasteiger partial charge in [-0.3, -0.25) is 4.68 Å². The summed E-state index contributed by atoms with van der Waals surface area (Å²) in [6.45, 7) is 3.75. The summed E-state index contributed by atoms with van der Waals surface area (Å²) in [5, 5.41) is 17.1. The zero-order valence-electron chi connectivity index (χ0n) is 11.4. The fourth-order valence-corrected chi connectivity index (χ4v) is 1.80. The van der Waals surface area contributed by atoms with Gasteiger partial charge in [0.05, 0.1) is 19.3 Å². The number of hydrogen-bond acceptors (Lipinski definition) is 6. The van der Waals surface area contributed by atoms with Crippen LogP contribution < -0.4 is 10.1 Å². The molecule has 2 aromatic rings. The van der Waals surface area contributed by atoms with Gasteiger partial charge in [-0.05, 0) is 13.8 Å². The van der Waals surface area contributed by atoms with E-state index >= 15 is 0 Å². The van der Waals surface area contributed by atoms with E-state index in [0.29, 0.717) is 17.5 Å². The number of aryl methyl sites for hydroxylation is 2. The molecule has 2 N–H and O–H groups in total. The van der Waals surface area contributed by atoms with E-state index in [1.807, 2.05) is 13.8 Å². The predicted octanol–water partition coefficient (Wildman–Crippen LogP) is 1.41. The summed E-state index contributed by atoms with van der Waals surface area (Å²) in [6, 6.07) is 1.93. The number of anilines is 1. The molecule has 0 aliphatic rings. The van der Waals surface area contributed by atoms with E-state index in [2.05, 4.69) is 20.4 Å². The molecule has 2 heterocycles. The Morgan fingerprint density at radius 1 is 1.42 bits per heavy atom. The minimum Gasteiger partial charge on any atom is -0.504 e. The second-order valence-corrected chi connectivity index (χ2v) is 4.32. The summed E-state index contributed by atoms with van der Waals surface area (Å²) < 4.78 is 6.58. The third kappa shape index (κ3) is 2.93. The average Bonchev–Trinajstić information content (AvgIpc) is 2.67. The van der Waals surface area contributed by atoms with E-state index in [-0.39, 0.29) is 11.8 Å². The molecule has 0 spiro atoms. The summed E-state index contributed by atoms with van der Waals surface area (Å²) >= 11 is 0. The number of aromatic hydroxyl groups is 1. The number of ether oxygens (including phenoxy) is 1. The molecule has 0 amide bonds. The smallest absolute Gasteiger partial charge is 0.318 e. The first-order valence-corrected chi connectivity index (χ1v) is 5.88. The highest BCUT2D eigenvalue weighted by Crippen LogP contribution is 2.25. The van der Waals surface area contributed by atoms with Crippen LogP contribution in [0.2, 0.25) is 0 Å². The lowest BCUT2D eigenvalue weighted by Gasteiger charge is -2.13. The van der Waals surface area contributed by atoms with Gasteiger partial charge in [0.1, 0.15) is 11.5 Å². The monoisotopic (exact) mass is 263 g/mol. The number of nitrogens with zero attached hydrogens (tertiary/aromatic N) is 4. The molecule has 0 fully saturated rings. The molecule has 1 unspecified atom stereocenters. The molecule has 2 rings (SSSR count). The van der Waals surface area contributed by atoms with Crippen LogP contribution in [0.3, 0.4) is 0 Å². The lowest BCUT2D eigenvalue weighted by Crippen LogP contribution is -2.10. The molecule has 0 bridgehead atoms. The Balaban J connectivity index is 2.21. The van der Waals surface area contributed by atoms with Gasteiger partial charge in [0.25, 0.3) is 0 Å². The Morgan fingerprint density at radius 3 is 2.74 bits per heavy atom. The van der Waals surface area contributed by atoms with Crippen LogP contribution in [0.4, 0.5) is 5.82 Å². The zero-order chi connectivity index (χ0) is 14.0. The van der Waals surface area contributed by atoms with Crippen LogP contribution in [0.1, 0.15) is 24.4 Å². The third-order valence-electron chi connectivity index (χ3n) is 2.63. The topological polar surface area (TPSA) is 85.1 Å². The summed E-state index contributed by atoms with van der Waals surface area (Å²) in [5.74, 6) is 0.780. The molecule has 0 saturated carbocycles. The van der Waals surface area contributed by atoms with E-state index in [9.17, 15) is 5.11 Å². The fourth-order valence-electron chi connectivity index (χ4n) is 1.80. The maximum Gasteiger partial charge on any atom is 0.318 e. The number of aromatic nitrogens is 4. The number of methoxy groups -OCH3 is 1. The minimum absolute atomic E-state index is 0.153. The Hall–Kier alpha value is -2.31. The van der Waals surface area contributed by atoms with Crippen molar-refractivity contribution in [2.24, 2.45) is 7.05 Å². The molecule has 0 saturated heterocycles. The fraction of sp³-hybridized carbons (Fsp3) is 0.417. The second-order valence-electron chi connectivity index (χ2n) is 4.32. The quantitative estimate of drug-likeness (QED) is 0.867. The molecular weight excluding hydrogens is 246 g/mol. The molecule has 2 aromatic heterocycles. The number of rotatable bonds is 4. The maximum atomic E-state index is 9.75. The minimum atomic E-state index is -0.180. The number of hydrogen-bond donors (Lipinski definition) is 2. The first-order valence-electron chi connectivity index (χ1n) is 5.88. The van der Waals surface area contributed by atoms with Gasteiger partial charge in [-0.25, -0.2) is 4.98 Å². The van der Waals surface area contributed by atoms with E-state index in [1.54, 1.807) is 24.0 Å². The van der Waals surface area contributed by atoms with Crippen LogP contribution in [0.15, 0.2) is 12.3 Å². The third-order valence-corrected chi connectivity index (χ3v) is 2.63. The van der Waals surface area contributed by atoms with Crippen molar-refractivity contribution in [1.82, 2.24) is 19.7 Å². The lowest BCUT2D eigenvalue weighted by atomic mass is 10.2. The van der Waals surface area contributed by atoms with Gasteiger partial charge in [-0.1, -0.05) is 0 Å². The van der Waals surface area contributed by atoms with Crippen molar-refractivity contribution in [3.63, 3.8) is 0 Å². The van der Waals surface area contributed by atoms with Gasteiger partial charge in [0, 0.05) is 18.8 Å². The largest absolute Gasteiger partial charge is 0.504 e. The van der Waals surface area contributed by atoms with Crippen molar-refractivity contribution in [2.75, 3.05) is 12.4 Å². The van der Waals surface area contributed by atoms with E-state index in [0.717, 1.165) is 5.69 Å². The molecule has 0 aliphatic heterocycles. The second kappa shape index (κ2) is 5.13. The zero-order valence-corrected chi connectivity index (χ0v) is 11.4. The molecular formula is C12H17N5O2. The van der Waals surface area contributed by atoms with Crippen molar-refractivity contribution >= 4 is 5.82 Å². The van der Waals surface area contributed by atoms with E-state index in [4.69, 9.17) is 4.74 Å². The van der Waals surface area contributed by atoms with Crippen LogP contribution in [-0.2, 0) is 7.05 Å². The van der Waals surface area contributed by atoms with Gasteiger partial charge in [-0.2, -0.15) is 10.1 Å². The van der Waals surface area contributed by atoms with Crippen LogP contribution in [0.5, 0.6) is 11.8 Å². The van der Waals surface area contributed by atoms with Crippen molar-refractivity contribution in [3.8, 4) is 11.8 Å². The molecule has 0 aromatic carbocycles. The highest BCUT2D eigenvalue weighted by Gasteiger charge is 2.15. The predicted molar refractivity (Wildman–Crippen MR) is 70.2 cm³/mol. The van der Waals surface area contributed by atoms with Gasteiger partial charge in [-0.15, -0.1) is 0 Å². The standard InChI is InChI=1S/C12H17N5O2/c1-7-5-10(15-12(13-7)19-4)14-8(2)11-9(18)6-17(3)16-11/h5-6,8,18H,1-4H3,(H,13,14,15). The van der Waals surface area contributed by atoms with E-state index < -0.39 is 0 Å². The summed E-state index contributed by atoms with van der Waals surface area (Å²) in [5.41, 5.74) is 1.37. The molecule has 102 valence electrons. The van der Waals surface area contributed by atoms with Crippen molar-refractivity contribution < 1.29 is 9.84 Å². The summed E-state index contributed by atoms with van der Waals surface area (Å²) in [4.78, 5) is 8.30. The molecule has 7 nitrogen and oxygen atoms in total. The van der Waals surface area contributed by atoms with Crippen LogP contribution in [0, 0.1) is 6.92 Å². The van der Waals surface area contributed by atoms with Gasteiger partial charge in [0.15, 0.2) is 5.75 Å². The normalized spacial score (nSPS) is 12.2. The lowest BCUT2D eigenvalue weighted by molar-refractivity contribution is 0.379. The summed E-state index contributed by atoms with van der Waals surface area (Å²) in [7, 11) is 3.28. The Bertz CT molecular complexity index is 581. The van der Waals surface area contributed by atoms with Crippen LogP contribution in [0.25, 0.3) is 0 Å². The van der Waals surface area contributed by atoms with Crippen LogP contribution >= 0.6 is 0 Å². The first-order chi connectivity index (χ1) is 8.99. The van der Waals surface area contributed by atoms with Crippen molar-refractivity contribution in [1.29, 1.82) is 0 Å². The van der Waals surface area contributed by atoms with Crippen LogP contribution in [-0.4, -0.2) is 32.0 Å². The van der Waals surface area contributed by atoms with E-state index in [1.165, 1.54) is 7.11 Å². The molecule has 7 heteroatoms. The highest BCUT2D eigenvalue weighted by atomic mass is 16.5. The van der Waals surface area contributed by atoms with Gasteiger partial charge in [0.2, 0.25) is 0 Å². The first kappa shape index (κ1) is 13.1. The SMILES string of the molecule is COc1nc(C)cc(NC(C)c2nn(C)cc2O)n1. The summed E-state index contributed by atoms with van der Waals surface area (Å²) in [6.07, 6.45) is 1.55. The molecule has 1 atom stereocenters. The average molecular weight is 263 g/mol. The van der Waals surface area contributed by atoms with Gasteiger partial charge >= 0.3 is 6.01 Å². The maximum absolute atomic E-state index is 9.75. The van der Waals surface area contributed by atoms with Gasteiger partial charge < -0.3 is 15.2 Å². The molecule has 0 aliphatic carbocycles. The number of nitrogens with one attached hydrogen (secondary N) is 1. The molecule has 0 radical (unpaired) electrons. The van der Waals surface area contributed by atoms with Crippen molar-refractivity contribution in [2.45, 2.75) is 19.9 Å². The highest BCUT2D eigenvalue weighted by molar-refractivity contribution is 5.41. The Kier molecular flexibility index (Phi) is 3.55. The van der Waals surface area contributed by atoms with Crippen molar-refractivity contribution in [3.05, 3.63) is 23.7 Å². The Labute approximate surface area is 111 Å². The Morgan fingerprint density at radius 2 is 2.16 bits per heavy atom.